The predicted molar refractivity (Wildman–Crippen MR) is 133 cm³/mol. The molecule has 4 rings (SSSR count). The van der Waals surface area contributed by atoms with Crippen LogP contribution in [-0.4, -0.2) is 41.3 Å². The number of thiocarbonyl (C=S) groups is 1. The zero-order chi connectivity index (χ0) is 21.8. The van der Waals surface area contributed by atoms with Crippen LogP contribution in [0, 0.1) is 11.8 Å². The Morgan fingerprint density at radius 1 is 1.06 bits per heavy atom. The number of fused-ring (bicyclic) bond motifs is 1. The molecule has 0 spiro atoms. The van der Waals surface area contributed by atoms with Crippen molar-refractivity contribution in [1.82, 2.24) is 15.3 Å². The van der Waals surface area contributed by atoms with Crippen LogP contribution in [0.3, 0.4) is 0 Å². The van der Waals surface area contributed by atoms with Crippen LogP contribution in [0.4, 0.5) is 17.6 Å². The minimum atomic E-state index is 0.520. The molecule has 7 heteroatoms. The number of piperidine rings is 1. The Balaban J connectivity index is 1.58. The number of nitrogens with one attached hydrogen (secondary N) is 2. The van der Waals surface area contributed by atoms with Crippen LogP contribution in [0.2, 0.25) is 0 Å². The second kappa shape index (κ2) is 9.81. The number of benzene rings is 1. The van der Waals surface area contributed by atoms with Gasteiger partial charge in [0.25, 0.3) is 0 Å². The minimum absolute atomic E-state index is 0.520. The van der Waals surface area contributed by atoms with Crippen LogP contribution in [0.15, 0.2) is 30.3 Å². The van der Waals surface area contributed by atoms with Gasteiger partial charge in [-0.1, -0.05) is 45.0 Å². The summed E-state index contributed by atoms with van der Waals surface area (Å²) in [4.78, 5) is 14.4. The molecule has 166 valence electrons. The Kier molecular flexibility index (Phi) is 6.90. The monoisotopic (exact) mass is 438 g/mol. The standard InChI is InChI=1S/C24H34N6S/c1-17(2)15-25-24(31)28-23-26-21(29-11-8-18(3)9-12-29)14-22(27-23)30-13-10-19-6-4-5-7-20(19)16-30/h4-7,14,17-18H,8-13,15-16H2,1-3H3,(H2,25,26,27,28,31). The highest BCUT2D eigenvalue weighted by molar-refractivity contribution is 7.80. The van der Waals surface area contributed by atoms with E-state index in [4.69, 9.17) is 22.2 Å². The van der Waals surface area contributed by atoms with Gasteiger partial charge < -0.3 is 20.4 Å². The van der Waals surface area contributed by atoms with Gasteiger partial charge in [-0.2, -0.15) is 9.97 Å². The maximum absolute atomic E-state index is 5.49. The van der Waals surface area contributed by atoms with Crippen LogP contribution in [-0.2, 0) is 13.0 Å². The van der Waals surface area contributed by atoms with Gasteiger partial charge in [0.05, 0.1) is 0 Å². The lowest BCUT2D eigenvalue weighted by Crippen LogP contribution is -2.36. The fourth-order valence-electron chi connectivity index (χ4n) is 4.17. The average molecular weight is 439 g/mol. The van der Waals surface area contributed by atoms with Crippen molar-refractivity contribution in [2.45, 2.75) is 46.6 Å². The number of anilines is 3. The van der Waals surface area contributed by atoms with Gasteiger partial charge in [0.2, 0.25) is 5.95 Å². The first kappa shape index (κ1) is 21.8. The minimum Gasteiger partial charge on any atom is -0.362 e. The lowest BCUT2D eigenvalue weighted by molar-refractivity contribution is 0.436. The molecule has 2 N–H and O–H groups in total. The summed E-state index contributed by atoms with van der Waals surface area (Å²) in [7, 11) is 0. The van der Waals surface area contributed by atoms with E-state index in [2.05, 4.69) is 71.5 Å². The first-order valence-corrected chi connectivity index (χ1v) is 11.9. The van der Waals surface area contributed by atoms with Crippen molar-refractivity contribution in [2.24, 2.45) is 11.8 Å². The fourth-order valence-corrected chi connectivity index (χ4v) is 4.35. The molecule has 2 aliphatic rings. The van der Waals surface area contributed by atoms with Gasteiger partial charge in [0, 0.05) is 38.8 Å². The molecule has 0 bridgehead atoms. The lowest BCUT2D eigenvalue weighted by atomic mass is 9.99. The zero-order valence-electron chi connectivity index (χ0n) is 18.9. The molecule has 0 aliphatic carbocycles. The van der Waals surface area contributed by atoms with Crippen LogP contribution in [0.25, 0.3) is 0 Å². The van der Waals surface area contributed by atoms with Crippen LogP contribution in [0.1, 0.15) is 44.7 Å². The molecule has 0 radical (unpaired) electrons. The van der Waals surface area contributed by atoms with E-state index in [1.807, 2.05) is 0 Å². The highest BCUT2D eigenvalue weighted by Gasteiger charge is 2.22. The average Bonchev–Trinajstić information content (AvgIpc) is 2.77. The molecule has 1 aromatic heterocycles. The van der Waals surface area contributed by atoms with Crippen molar-refractivity contribution in [3.05, 3.63) is 41.5 Å². The number of hydrogen-bond donors (Lipinski definition) is 2. The number of hydrogen-bond acceptors (Lipinski definition) is 5. The van der Waals surface area contributed by atoms with Gasteiger partial charge in [0.15, 0.2) is 5.11 Å². The Morgan fingerprint density at radius 2 is 1.74 bits per heavy atom. The summed E-state index contributed by atoms with van der Waals surface area (Å²) in [5.74, 6) is 3.83. The first-order chi connectivity index (χ1) is 15.0. The Morgan fingerprint density at radius 3 is 2.45 bits per heavy atom. The fraction of sp³-hybridized carbons (Fsp3) is 0.542. The normalized spacial score (nSPS) is 16.9. The van der Waals surface area contributed by atoms with E-state index in [1.165, 1.54) is 24.0 Å². The van der Waals surface area contributed by atoms with Crippen molar-refractivity contribution in [3.63, 3.8) is 0 Å². The molecule has 6 nitrogen and oxygen atoms in total. The van der Waals surface area contributed by atoms with E-state index in [0.717, 1.165) is 56.7 Å². The van der Waals surface area contributed by atoms with E-state index in [9.17, 15) is 0 Å². The maximum Gasteiger partial charge on any atom is 0.232 e. The van der Waals surface area contributed by atoms with Gasteiger partial charge in [0.1, 0.15) is 11.6 Å². The van der Waals surface area contributed by atoms with Crippen molar-refractivity contribution in [2.75, 3.05) is 41.3 Å². The van der Waals surface area contributed by atoms with Gasteiger partial charge in [-0.25, -0.2) is 0 Å². The third kappa shape index (κ3) is 5.64. The first-order valence-electron chi connectivity index (χ1n) is 11.5. The van der Waals surface area contributed by atoms with E-state index in [-0.39, 0.29) is 0 Å². The molecule has 2 aliphatic heterocycles. The van der Waals surface area contributed by atoms with E-state index in [1.54, 1.807) is 0 Å². The Bertz CT molecular complexity index is 907. The third-order valence-electron chi connectivity index (χ3n) is 6.16. The van der Waals surface area contributed by atoms with E-state index in [0.29, 0.717) is 17.0 Å². The second-order valence-corrected chi connectivity index (χ2v) is 9.65. The largest absolute Gasteiger partial charge is 0.362 e. The number of aromatic nitrogens is 2. The van der Waals surface area contributed by atoms with Gasteiger partial charge >= 0.3 is 0 Å². The summed E-state index contributed by atoms with van der Waals surface area (Å²) in [5, 5.41) is 7.07. The lowest BCUT2D eigenvalue weighted by Gasteiger charge is -2.33. The molecule has 0 amide bonds. The highest BCUT2D eigenvalue weighted by atomic mass is 32.1. The summed E-state index contributed by atoms with van der Waals surface area (Å²) in [5.41, 5.74) is 2.82. The van der Waals surface area contributed by atoms with Gasteiger partial charge in [-0.3, -0.25) is 0 Å². The van der Waals surface area contributed by atoms with Crippen molar-refractivity contribution in [1.29, 1.82) is 0 Å². The van der Waals surface area contributed by atoms with Crippen LogP contribution in [0.5, 0.6) is 0 Å². The molecule has 1 aromatic carbocycles. The van der Waals surface area contributed by atoms with Crippen LogP contribution >= 0.6 is 12.2 Å². The van der Waals surface area contributed by atoms with E-state index < -0.39 is 0 Å². The smallest absolute Gasteiger partial charge is 0.232 e. The molecule has 0 atom stereocenters. The second-order valence-electron chi connectivity index (χ2n) is 9.25. The quantitative estimate of drug-likeness (QED) is 0.678. The van der Waals surface area contributed by atoms with Gasteiger partial charge in [-0.15, -0.1) is 0 Å². The zero-order valence-corrected chi connectivity index (χ0v) is 19.7. The molecule has 1 fully saturated rings. The van der Waals surface area contributed by atoms with E-state index >= 15 is 0 Å². The third-order valence-corrected chi connectivity index (χ3v) is 6.40. The maximum atomic E-state index is 5.49. The summed E-state index contributed by atoms with van der Waals surface area (Å²) >= 11 is 5.49. The van der Waals surface area contributed by atoms with Gasteiger partial charge in [-0.05, 0) is 54.4 Å². The number of rotatable bonds is 5. The molecular formula is C24H34N6S. The van der Waals surface area contributed by atoms with Crippen molar-refractivity contribution < 1.29 is 0 Å². The summed E-state index contributed by atoms with van der Waals surface area (Å²) in [6, 6.07) is 10.9. The summed E-state index contributed by atoms with van der Waals surface area (Å²) in [6.45, 7) is 11.4. The predicted octanol–water partition coefficient (Wildman–Crippen LogP) is 4.22. The molecule has 0 saturated carbocycles. The van der Waals surface area contributed by atoms with Crippen LogP contribution < -0.4 is 20.4 Å². The summed E-state index contributed by atoms with van der Waals surface area (Å²) < 4.78 is 0. The number of nitrogens with zero attached hydrogens (tertiary/aromatic N) is 4. The molecular weight excluding hydrogens is 404 g/mol. The topological polar surface area (TPSA) is 56.3 Å². The molecule has 0 unspecified atom stereocenters. The van der Waals surface area contributed by atoms with Crippen molar-refractivity contribution in [3.8, 4) is 0 Å². The highest BCUT2D eigenvalue weighted by Crippen LogP contribution is 2.28. The molecule has 3 heterocycles. The Hall–Kier alpha value is -2.41. The summed E-state index contributed by atoms with van der Waals surface area (Å²) in [6.07, 6.45) is 3.44. The molecule has 1 saturated heterocycles. The van der Waals surface area contributed by atoms with Crippen molar-refractivity contribution >= 4 is 34.9 Å². The SMILES string of the molecule is CC(C)CNC(=S)Nc1nc(N2CCC(C)CC2)cc(N2CCc3ccccc3C2)n1. The molecule has 31 heavy (non-hydrogen) atoms. The molecule has 2 aromatic rings. The Labute approximate surface area is 191 Å².